The molecule has 0 bridgehead atoms. The van der Waals surface area contributed by atoms with Crippen LogP contribution in [0.3, 0.4) is 0 Å². The predicted octanol–water partition coefficient (Wildman–Crippen LogP) is 4.94. The molecule has 0 spiro atoms. The third kappa shape index (κ3) is 7.45. The van der Waals surface area contributed by atoms with E-state index in [9.17, 15) is 14.9 Å². The Morgan fingerprint density at radius 3 is 2.58 bits per heavy atom. The number of nitriles is 1. The molecule has 6 rings (SSSR count). The van der Waals surface area contributed by atoms with Crippen molar-refractivity contribution < 1.29 is 23.8 Å². The zero-order chi connectivity index (χ0) is 33.5. The van der Waals surface area contributed by atoms with Gasteiger partial charge in [0.1, 0.15) is 30.5 Å². The maximum absolute atomic E-state index is 13.8. The highest BCUT2D eigenvalue weighted by atomic mass is 16.6. The molecule has 1 atom stereocenters. The molecule has 1 saturated heterocycles. The van der Waals surface area contributed by atoms with Crippen LogP contribution in [0.15, 0.2) is 85.2 Å². The molecule has 48 heavy (non-hydrogen) atoms. The van der Waals surface area contributed by atoms with Crippen molar-refractivity contribution in [3.8, 4) is 17.8 Å². The number of nitrogens with one attached hydrogen (secondary N) is 1. The molecular formula is C35H34N8O5. The SMILES string of the molecule is COc1cc(NC(=O)c2cc(N3CCN(C(=O)OCc4ccccc4)[C@@H](CC#N)C3)nc(OCc3cnn(C)c3)n2)c2ccccc2c1. The van der Waals surface area contributed by atoms with E-state index in [2.05, 4.69) is 26.5 Å². The van der Waals surface area contributed by atoms with Gasteiger partial charge in [-0.3, -0.25) is 9.48 Å². The van der Waals surface area contributed by atoms with Crippen molar-refractivity contribution in [3.63, 3.8) is 0 Å². The Balaban J connectivity index is 1.25. The molecule has 244 valence electrons. The number of methoxy groups -OCH3 is 1. The first-order valence-corrected chi connectivity index (χ1v) is 15.4. The summed E-state index contributed by atoms with van der Waals surface area (Å²) >= 11 is 0. The van der Waals surface area contributed by atoms with Crippen molar-refractivity contribution >= 4 is 34.3 Å². The highest BCUT2D eigenvalue weighted by molar-refractivity contribution is 6.09. The van der Waals surface area contributed by atoms with Crippen LogP contribution in [0.2, 0.25) is 0 Å². The van der Waals surface area contributed by atoms with Crippen LogP contribution in [-0.4, -0.2) is 69.4 Å². The average Bonchev–Trinajstić information content (AvgIpc) is 3.54. The van der Waals surface area contributed by atoms with Gasteiger partial charge in [-0.15, -0.1) is 0 Å². The molecule has 2 amide bonds. The molecule has 2 aromatic heterocycles. The van der Waals surface area contributed by atoms with Crippen LogP contribution in [0.5, 0.6) is 11.8 Å². The second-order valence-electron chi connectivity index (χ2n) is 11.3. The highest BCUT2D eigenvalue weighted by Crippen LogP contribution is 2.30. The molecular weight excluding hydrogens is 612 g/mol. The smallest absolute Gasteiger partial charge is 0.410 e. The highest BCUT2D eigenvalue weighted by Gasteiger charge is 2.33. The molecule has 5 aromatic rings. The number of piperazine rings is 1. The number of fused-ring (bicyclic) bond motifs is 1. The predicted molar refractivity (Wildman–Crippen MR) is 178 cm³/mol. The fourth-order valence-corrected chi connectivity index (χ4v) is 5.53. The third-order valence-corrected chi connectivity index (χ3v) is 7.94. The first-order valence-electron chi connectivity index (χ1n) is 15.4. The third-order valence-electron chi connectivity index (χ3n) is 7.94. The van der Waals surface area contributed by atoms with E-state index in [0.29, 0.717) is 23.8 Å². The van der Waals surface area contributed by atoms with E-state index < -0.39 is 18.0 Å². The maximum Gasteiger partial charge on any atom is 0.410 e. The minimum atomic E-state index is -0.493. The van der Waals surface area contributed by atoms with Gasteiger partial charge in [-0.25, -0.2) is 4.79 Å². The molecule has 3 heterocycles. The maximum atomic E-state index is 13.8. The normalized spacial score (nSPS) is 14.3. The summed E-state index contributed by atoms with van der Waals surface area (Å²) in [4.78, 5) is 39.4. The van der Waals surface area contributed by atoms with Crippen molar-refractivity contribution in [2.45, 2.75) is 25.7 Å². The lowest BCUT2D eigenvalue weighted by Gasteiger charge is -2.40. The molecule has 0 aliphatic carbocycles. The Bertz CT molecular complexity index is 1960. The number of amides is 2. The molecule has 13 nitrogen and oxygen atoms in total. The largest absolute Gasteiger partial charge is 0.497 e. The summed E-state index contributed by atoms with van der Waals surface area (Å²) in [6, 6.07) is 24.0. The second-order valence-corrected chi connectivity index (χ2v) is 11.3. The molecule has 1 aliphatic heterocycles. The van der Waals surface area contributed by atoms with Crippen molar-refractivity contribution in [3.05, 3.63) is 102 Å². The standard InChI is InChI=1S/C35H34N8O5/c1-41-20-25(19-37-41)23-47-34-39-31(33(44)38-30-17-28(46-2)16-26-10-6-7-11-29(26)30)18-32(40-34)42-14-15-43(27(21-42)12-13-36)35(45)48-22-24-8-4-3-5-9-24/h3-11,16-20,27H,12,14-15,21-23H2,1-2H3,(H,38,44)/t27-/m0/s1. The molecule has 3 aromatic carbocycles. The zero-order valence-electron chi connectivity index (χ0n) is 26.6. The van der Waals surface area contributed by atoms with Gasteiger partial charge in [0.25, 0.3) is 5.91 Å². The van der Waals surface area contributed by atoms with Crippen LogP contribution in [0.25, 0.3) is 10.8 Å². The van der Waals surface area contributed by atoms with Gasteiger partial charge in [-0.05, 0) is 17.0 Å². The number of nitrogens with zero attached hydrogens (tertiary/aromatic N) is 7. The fraction of sp³-hybridized carbons (Fsp3) is 0.257. The molecule has 1 fully saturated rings. The number of hydrogen-bond acceptors (Lipinski definition) is 10. The van der Waals surface area contributed by atoms with E-state index in [0.717, 1.165) is 21.9 Å². The van der Waals surface area contributed by atoms with Crippen molar-refractivity contribution in [2.75, 3.05) is 37.0 Å². The number of carbonyl (C=O) groups is 2. The van der Waals surface area contributed by atoms with E-state index in [1.807, 2.05) is 71.8 Å². The summed E-state index contributed by atoms with van der Waals surface area (Å²) in [7, 11) is 3.38. The summed E-state index contributed by atoms with van der Waals surface area (Å²) in [5.74, 6) is 0.545. The van der Waals surface area contributed by atoms with Gasteiger partial charge in [-0.2, -0.15) is 20.3 Å². The van der Waals surface area contributed by atoms with E-state index >= 15 is 0 Å². The Kier molecular flexibility index (Phi) is 9.61. The van der Waals surface area contributed by atoms with E-state index in [-0.39, 0.29) is 44.4 Å². The number of carbonyl (C=O) groups excluding carboxylic acids is 2. The summed E-state index contributed by atoms with van der Waals surface area (Å²) in [6.07, 6.45) is 3.08. The van der Waals surface area contributed by atoms with Gasteiger partial charge < -0.3 is 29.3 Å². The number of aromatic nitrogens is 4. The van der Waals surface area contributed by atoms with Crippen LogP contribution in [0.4, 0.5) is 16.3 Å². The second kappa shape index (κ2) is 14.5. The van der Waals surface area contributed by atoms with Gasteiger partial charge >= 0.3 is 12.1 Å². The van der Waals surface area contributed by atoms with Gasteiger partial charge in [0.05, 0.1) is 37.5 Å². The summed E-state index contributed by atoms with van der Waals surface area (Å²) < 4.78 is 18.7. The molecule has 1 N–H and O–H groups in total. The average molecular weight is 647 g/mol. The van der Waals surface area contributed by atoms with Gasteiger partial charge in [0.15, 0.2) is 0 Å². The van der Waals surface area contributed by atoms with Crippen LogP contribution in [0.1, 0.15) is 28.0 Å². The van der Waals surface area contributed by atoms with Crippen LogP contribution in [0, 0.1) is 11.3 Å². The van der Waals surface area contributed by atoms with Gasteiger partial charge in [0.2, 0.25) is 0 Å². The van der Waals surface area contributed by atoms with Crippen LogP contribution < -0.4 is 19.7 Å². The minimum absolute atomic E-state index is 0.00135. The number of benzene rings is 3. The molecule has 13 heteroatoms. The van der Waals surface area contributed by atoms with Crippen LogP contribution in [-0.2, 0) is 25.0 Å². The van der Waals surface area contributed by atoms with Crippen LogP contribution >= 0.6 is 0 Å². The Hall–Kier alpha value is -6.16. The monoisotopic (exact) mass is 646 g/mol. The number of anilines is 2. The zero-order valence-corrected chi connectivity index (χ0v) is 26.6. The number of rotatable bonds is 10. The van der Waals surface area contributed by atoms with Gasteiger partial charge in [-0.1, -0.05) is 54.6 Å². The topological polar surface area (TPSA) is 148 Å². The minimum Gasteiger partial charge on any atom is -0.497 e. The van der Waals surface area contributed by atoms with E-state index in [4.69, 9.17) is 14.2 Å². The molecule has 0 radical (unpaired) electrons. The van der Waals surface area contributed by atoms with Crippen molar-refractivity contribution in [1.82, 2.24) is 24.6 Å². The molecule has 0 saturated carbocycles. The van der Waals surface area contributed by atoms with Crippen molar-refractivity contribution in [1.29, 1.82) is 5.26 Å². The van der Waals surface area contributed by atoms with Gasteiger partial charge in [0, 0.05) is 56.0 Å². The lowest BCUT2D eigenvalue weighted by molar-refractivity contribution is 0.0768. The molecule has 0 unspecified atom stereocenters. The van der Waals surface area contributed by atoms with E-state index in [1.165, 1.54) is 0 Å². The lowest BCUT2D eigenvalue weighted by atomic mass is 10.1. The Labute approximate surface area is 277 Å². The number of ether oxygens (including phenoxy) is 3. The van der Waals surface area contributed by atoms with E-state index in [1.54, 1.807) is 42.1 Å². The number of hydrogen-bond donors (Lipinski definition) is 1. The lowest BCUT2D eigenvalue weighted by Crippen LogP contribution is -2.55. The summed E-state index contributed by atoms with van der Waals surface area (Å²) in [5.41, 5.74) is 2.31. The first kappa shape index (κ1) is 31.8. The summed E-state index contributed by atoms with van der Waals surface area (Å²) in [6.45, 7) is 1.21. The first-order chi connectivity index (χ1) is 23.4. The van der Waals surface area contributed by atoms with Crippen molar-refractivity contribution in [2.24, 2.45) is 7.05 Å². The fourth-order valence-electron chi connectivity index (χ4n) is 5.53. The quantitative estimate of drug-likeness (QED) is 0.221. The Morgan fingerprint density at radius 1 is 1.00 bits per heavy atom. The Morgan fingerprint density at radius 2 is 1.81 bits per heavy atom. The summed E-state index contributed by atoms with van der Waals surface area (Å²) in [5, 5.41) is 18.5. The molecule has 1 aliphatic rings. The number of aryl methyl sites for hydroxylation is 1.